The SMILES string of the molecule is COc1cccc(F)c1C(=O)N1CCOC(c2nncn2C)C1. The fourth-order valence-corrected chi connectivity index (χ4v) is 2.61. The second kappa shape index (κ2) is 6.33. The molecule has 0 bridgehead atoms. The molecule has 1 saturated heterocycles. The zero-order chi connectivity index (χ0) is 16.4. The zero-order valence-electron chi connectivity index (χ0n) is 12.9. The first-order valence-corrected chi connectivity index (χ1v) is 7.19. The number of hydrogen-bond acceptors (Lipinski definition) is 5. The molecule has 7 nitrogen and oxygen atoms in total. The number of ether oxygens (including phenoxy) is 2. The molecule has 8 heteroatoms. The minimum atomic E-state index is -0.601. The molecule has 1 amide bonds. The molecule has 1 aromatic heterocycles. The van der Waals surface area contributed by atoms with Gasteiger partial charge in [-0.3, -0.25) is 4.79 Å². The molecule has 2 aromatic rings. The van der Waals surface area contributed by atoms with Gasteiger partial charge in [0.05, 0.1) is 20.3 Å². The van der Waals surface area contributed by atoms with Gasteiger partial charge in [-0.15, -0.1) is 10.2 Å². The zero-order valence-corrected chi connectivity index (χ0v) is 12.9. The molecule has 0 N–H and O–H groups in total. The van der Waals surface area contributed by atoms with Gasteiger partial charge in [-0.25, -0.2) is 4.39 Å². The number of methoxy groups -OCH3 is 1. The van der Waals surface area contributed by atoms with Crippen LogP contribution in [0.5, 0.6) is 5.75 Å². The molecule has 0 spiro atoms. The van der Waals surface area contributed by atoms with E-state index in [1.165, 1.54) is 19.2 Å². The number of morpholine rings is 1. The number of aryl methyl sites for hydroxylation is 1. The summed E-state index contributed by atoms with van der Waals surface area (Å²) in [6, 6.07) is 4.32. The summed E-state index contributed by atoms with van der Waals surface area (Å²) >= 11 is 0. The van der Waals surface area contributed by atoms with E-state index in [2.05, 4.69) is 10.2 Å². The van der Waals surface area contributed by atoms with E-state index >= 15 is 0 Å². The summed E-state index contributed by atoms with van der Waals surface area (Å²) in [5.74, 6) is -0.175. The van der Waals surface area contributed by atoms with E-state index < -0.39 is 17.8 Å². The van der Waals surface area contributed by atoms with E-state index in [-0.39, 0.29) is 17.9 Å². The maximum Gasteiger partial charge on any atom is 0.260 e. The third kappa shape index (κ3) is 2.89. The molecule has 1 unspecified atom stereocenters. The minimum absolute atomic E-state index is 0.0615. The van der Waals surface area contributed by atoms with E-state index in [4.69, 9.17) is 9.47 Å². The van der Waals surface area contributed by atoms with E-state index in [1.807, 2.05) is 0 Å². The highest BCUT2D eigenvalue weighted by Crippen LogP contribution is 2.26. The van der Waals surface area contributed by atoms with Crippen LogP contribution in [-0.2, 0) is 11.8 Å². The number of amides is 1. The molecule has 0 radical (unpaired) electrons. The van der Waals surface area contributed by atoms with Gasteiger partial charge in [-0.1, -0.05) is 6.07 Å². The molecule has 0 saturated carbocycles. The van der Waals surface area contributed by atoms with Crippen LogP contribution in [0.3, 0.4) is 0 Å². The van der Waals surface area contributed by atoms with Crippen LogP contribution in [0.15, 0.2) is 24.5 Å². The number of halogens is 1. The Labute approximate surface area is 132 Å². The van der Waals surface area contributed by atoms with Crippen LogP contribution in [0.4, 0.5) is 4.39 Å². The normalized spacial score (nSPS) is 18.0. The summed E-state index contributed by atoms with van der Waals surface area (Å²) in [5, 5.41) is 7.82. The predicted octanol–water partition coefficient (Wildman–Crippen LogP) is 1.18. The largest absolute Gasteiger partial charge is 0.496 e. The first kappa shape index (κ1) is 15.4. The van der Waals surface area contributed by atoms with Gasteiger partial charge in [0.25, 0.3) is 5.91 Å². The van der Waals surface area contributed by atoms with E-state index in [1.54, 1.807) is 28.9 Å². The van der Waals surface area contributed by atoms with Crippen molar-refractivity contribution in [3.8, 4) is 5.75 Å². The maximum absolute atomic E-state index is 14.1. The van der Waals surface area contributed by atoms with Gasteiger partial charge in [0, 0.05) is 13.6 Å². The third-order valence-corrected chi connectivity index (χ3v) is 3.80. The lowest BCUT2D eigenvalue weighted by Gasteiger charge is -2.32. The van der Waals surface area contributed by atoms with Crippen molar-refractivity contribution in [2.45, 2.75) is 6.10 Å². The highest BCUT2D eigenvalue weighted by atomic mass is 19.1. The van der Waals surface area contributed by atoms with Crippen molar-refractivity contribution in [2.75, 3.05) is 26.8 Å². The van der Waals surface area contributed by atoms with Crippen molar-refractivity contribution in [3.63, 3.8) is 0 Å². The Morgan fingerprint density at radius 2 is 2.30 bits per heavy atom. The van der Waals surface area contributed by atoms with E-state index in [9.17, 15) is 9.18 Å². The second-order valence-electron chi connectivity index (χ2n) is 5.23. The Bertz CT molecular complexity index is 718. The van der Waals surface area contributed by atoms with Crippen LogP contribution < -0.4 is 4.74 Å². The quantitative estimate of drug-likeness (QED) is 0.849. The lowest BCUT2D eigenvalue weighted by Crippen LogP contribution is -2.43. The van der Waals surface area contributed by atoms with Crippen molar-refractivity contribution < 1.29 is 18.7 Å². The van der Waals surface area contributed by atoms with Gasteiger partial charge in [-0.05, 0) is 12.1 Å². The first-order chi connectivity index (χ1) is 11.1. The minimum Gasteiger partial charge on any atom is -0.496 e. The van der Waals surface area contributed by atoms with Crippen molar-refractivity contribution in [1.82, 2.24) is 19.7 Å². The standard InChI is InChI=1S/C15H17FN4O3/c1-19-9-17-18-14(19)12-8-20(6-7-23-12)15(21)13-10(16)4-3-5-11(13)22-2/h3-5,9,12H,6-8H2,1-2H3. The van der Waals surface area contributed by atoms with Crippen molar-refractivity contribution in [1.29, 1.82) is 0 Å². The van der Waals surface area contributed by atoms with Gasteiger partial charge in [0.2, 0.25) is 0 Å². The van der Waals surface area contributed by atoms with Gasteiger partial charge in [-0.2, -0.15) is 0 Å². The molecule has 1 atom stereocenters. The predicted molar refractivity (Wildman–Crippen MR) is 78.6 cm³/mol. The summed E-state index contributed by atoms with van der Waals surface area (Å²) in [6.45, 7) is 1.01. The lowest BCUT2D eigenvalue weighted by atomic mass is 10.1. The van der Waals surface area contributed by atoms with Crippen molar-refractivity contribution >= 4 is 5.91 Å². The summed E-state index contributed by atoms with van der Waals surface area (Å²) in [5.41, 5.74) is -0.0615. The monoisotopic (exact) mass is 320 g/mol. The molecule has 1 aliphatic rings. The molecule has 122 valence electrons. The summed E-state index contributed by atoms with van der Waals surface area (Å²) < 4.78 is 26.6. The maximum atomic E-state index is 14.1. The smallest absolute Gasteiger partial charge is 0.260 e. The van der Waals surface area contributed by atoms with Gasteiger partial charge in [0.1, 0.15) is 29.6 Å². The van der Waals surface area contributed by atoms with Crippen molar-refractivity contribution in [3.05, 3.63) is 41.7 Å². The van der Waals surface area contributed by atoms with Crippen LogP contribution in [0.25, 0.3) is 0 Å². The Balaban J connectivity index is 1.84. The van der Waals surface area contributed by atoms with Crippen LogP contribution in [0.1, 0.15) is 22.3 Å². The number of hydrogen-bond donors (Lipinski definition) is 0. The number of carbonyl (C=O) groups excluding carboxylic acids is 1. The summed E-state index contributed by atoms with van der Waals surface area (Å²) in [6.07, 6.45) is 1.18. The Kier molecular flexibility index (Phi) is 4.24. The first-order valence-electron chi connectivity index (χ1n) is 7.19. The van der Waals surface area contributed by atoms with Gasteiger partial charge >= 0.3 is 0 Å². The molecule has 3 rings (SSSR count). The molecular formula is C15H17FN4O3. The van der Waals surface area contributed by atoms with Gasteiger partial charge in [0.15, 0.2) is 5.82 Å². The number of benzene rings is 1. The number of nitrogens with zero attached hydrogens (tertiary/aromatic N) is 4. The lowest BCUT2D eigenvalue weighted by molar-refractivity contribution is -0.0283. The van der Waals surface area contributed by atoms with Crippen molar-refractivity contribution in [2.24, 2.45) is 7.05 Å². The van der Waals surface area contributed by atoms with E-state index in [0.717, 1.165) is 0 Å². The van der Waals surface area contributed by atoms with Crippen LogP contribution in [0, 0.1) is 5.82 Å². The van der Waals surface area contributed by atoms with Crippen LogP contribution >= 0.6 is 0 Å². The van der Waals surface area contributed by atoms with E-state index in [0.29, 0.717) is 19.0 Å². The number of aromatic nitrogens is 3. The highest BCUT2D eigenvalue weighted by molar-refractivity contribution is 5.97. The Morgan fingerprint density at radius 1 is 1.48 bits per heavy atom. The van der Waals surface area contributed by atoms with Crippen LogP contribution in [-0.4, -0.2) is 52.4 Å². The van der Waals surface area contributed by atoms with Gasteiger partial charge < -0.3 is 18.9 Å². The molecular weight excluding hydrogens is 303 g/mol. The number of carbonyl (C=O) groups is 1. The highest BCUT2D eigenvalue weighted by Gasteiger charge is 2.31. The average molecular weight is 320 g/mol. The molecule has 2 heterocycles. The second-order valence-corrected chi connectivity index (χ2v) is 5.23. The molecule has 1 aliphatic heterocycles. The number of rotatable bonds is 3. The molecule has 0 aliphatic carbocycles. The average Bonchev–Trinajstić information content (AvgIpc) is 3.00. The fraction of sp³-hybridized carbons (Fsp3) is 0.400. The fourth-order valence-electron chi connectivity index (χ4n) is 2.61. The Morgan fingerprint density at radius 3 is 3.00 bits per heavy atom. The summed E-state index contributed by atoms with van der Waals surface area (Å²) in [4.78, 5) is 14.3. The third-order valence-electron chi connectivity index (χ3n) is 3.80. The Hall–Kier alpha value is -2.48. The molecule has 1 fully saturated rings. The van der Waals surface area contributed by atoms with Crippen LogP contribution in [0.2, 0.25) is 0 Å². The topological polar surface area (TPSA) is 69.5 Å². The molecule has 23 heavy (non-hydrogen) atoms. The summed E-state index contributed by atoms with van der Waals surface area (Å²) in [7, 11) is 3.21. The molecule has 1 aromatic carbocycles.